The quantitative estimate of drug-likeness (QED) is 0.798. The third-order valence-electron chi connectivity index (χ3n) is 4.23. The number of hydrogen-bond donors (Lipinski definition) is 2. The number of anilines is 1. The van der Waals surface area contributed by atoms with Crippen molar-refractivity contribution in [3.05, 3.63) is 64.7 Å². The lowest BCUT2D eigenvalue weighted by atomic mass is 10.2. The molecule has 1 aliphatic rings. The van der Waals surface area contributed by atoms with Gasteiger partial charge in [-0.05, 0) is 35.4 Å². The number of amides is 3. The van der Waals surface area contributed by atoms with E-state index >= 15 is 0 Å². The lowest BCUT2D eigenvalue weighted by Gasteiger charge is -2.26. The highest BCUT2D eigenvalue weighted by Gasteiger charge is 2.16. The molecule has 1 aliphatic heterocycles. The number of carbonyl (C=O) groups excluding carboxylic acids is 2. The number of urea groups is 1. The van der Waals surface area contributed by atoms with Crippen molar-refractivity contribution in [3.63, 3.8) is 0 Å². The van der Waals surface area contributed by atoms with Crippen LogP contribution >= 0.6 is 11.6 Å². The van der Waals surface area contributed by atoms with Gasteiger partial charge in [0.2, 0.25) is 0 Å². The molecular formula is C20H22ClN3O4. The minimum atomic E-state index is -0.539. The van der Waals surface area contributed by atoms with Crippen LogP contribution in [0.3, 0.4) is 0 Å². The van der Waals surface area contributed by atoms with Gasteiger partial charge in [-0.1, -0.05) is 35.9 Å². The van der Waals surface area contributed by atoms with Crippen LogP contribution in [0.4, 0.5) is 15.3 Å². The molecule has 1 saturated heterocycles. The zero-order valence-corrected chi connectivity index (χ0v) is 16.1. The Kier molecular flexibility index (Phi) is 7.11. The van der Waals surface area contributed by atoms with Gasteiger partial charge in [-0.2, -0.15) is 0 Å². The monoisotopic (exact) mass is 403 g/mol. The molecule has 3 amide bonds. The first kappa shape index (κ1) is 20.0. The molecule has 0 spiro atoms. The summed E-state index contributed by atoms with van der Waals surface area (Å²) in [7, 11) is 0. The van der Waals surface area contributed by atoms with E-state index in [2.05, 4.69) is 10.6 Å². The molecule has 0 atom stereocenters. The number of hydrogen-bond acceptors (Lipinski definition) is 4. The number of halogens is 1. The third kappa shape index (κ3) is 6.14. The number of carbonyl (C=O) groups is 2. The Balaban J connectivity index is 1.41. The maximum absolute atomic E-state index is 12.1. The smallest absolute Gasteiger partial charge is 0.411 e. The molecule has 148 valence electrons. The van der Waals surface area contributed by atoms with E-state index in [1.54, 1.807) is 41.3 Å². The van der Waals surface area contributed by atoms with Gasteiger partial charge in [0.1, 0.15) is 6.61 Å². The van der Waals surface area contributed by atoms with Gasteiger partial charge >= 0.3 is 12.1 Å². The molecule has 7 nitrogen and oxygen atoms in total. The summed E-state index contributed by atoms with van der Waals surface area (Å²) in [5.41, 5.74) is 2.40. The fourth-order valence-corrected chi connectivity index (χ4v) is 2.77. The van der Waals surface area contributed by atoms with E-state index in [1.807, 2.05) is 12.1 Å². The Bertz CT molecular complexity index is 790. The molecule has 8 heteroatoms. The van der Waals surface area contributed by atoms with Gasteiger partial charge in [-0.25, -0.2) is 9.59 Å². The highest BCUT2D eigenvalue weighted by Crippen LogP contribution is 2.12. The first-order chi connectivity index (χ1) is 13.6. The van der Waals surface area contributed by atoms with Gasteiger partial charge < -0.3 is 19.7 Å². The van der Waals surface area contributed by atoms with Gasteiger partial charge in [-0.3, -0.25) is 5.32 Å². The minimum absolute atomic E-state index is 0.101. The maximum atomic E-state index is 12.1. The van der Waals surface area contributed by atoms with Crippen molar-refractivity contribution >= 4 is 29.4 Å². The van der Waals surface area contributed by atoms with Gasteiger partial charge in [-0.15, -0.1) is 0 Å². The van der Waals surface area contributed by atoms with E-state index in [1.165, 1.54) is 0 Å². The SMILES string of the molecule is O=C(Nc1ccc(CNC(=O)N2CCOCC2)cc1)OCc1ccc(Cl)cc1. The van der Waals surface area contributed by atoms with Crippen molar-refractivity contribution in [2.45, 2.75) is 13.2 Å². The van der Waals surface area contributed by atoms with Crippen molar-refractivity contribution in [1.82, 2.24) is 10.2 Å². The second-order valence-corrected chi connectivity index (χ2v) is 6.72. The highest BCUT2D eigenvalue weighted by atomic mass is 35.5. The topological polar surface area (TPSA) is 79.9 Å². The van der Waals surface area contributed by atoms with Crippen molar-refractivity contribution in [2.24, 2.45) is 0 Å². The Labute approximate surface area is 168 Å². The summed E-state index contributed by atoms with van der Waals surface area (Å²) in [6.45, 7) is 2.93. The Morgan fingerprint density at radius 1 is 1.00 bits per heavy atom. The summed E-state index contributed by atoms with van der Waals surface area (Å²) < 4.78 is 10.4. The van der Waals surface area contributed by atoms with E-state index in [0.29, 0.717) is 43.6 Å². The van der Waals surface area contributed by atoms with E-state index in [9.17, 15) is 9.59 Å². The van der Waals surface area contributed by atoms with Gasteiger partial charge in [0.05, 0.1) is 13.2 Å². The first-order valence-corrected chi connectivity index (χ1v) is 9.35. The summed E-state index contributed by atoms with van der Waals surface area (Å²) in [6, 6.07) is 14.2. The number of nitrogens with one attached hydrogen (secondary N) is 2. The molecule has 2 aromatic carbocycles. The van der Waals surface area contributed by atoms with E-state index in [-0.39, 0.29) is 12.6 Å². The molecule has 3 rings (SSSR count). The molecule has 2 N–H and O–H groups in total. The second kappa shape index (κ2) is 9.96. The third-order valence-corrected chi connectivity index (χ3v) is 4.48. The van der Waals surface area contributed by atoms with E-state index < -0.39 is 6.09 Å². The first-order valence-electron chi connectivity index (χ1n) is 8.98. The molecule has 0 radical (unpaired) electrons. The number of ether oxygens (including phenoxy) is 2. The van der Waals surface area contributed by atoms with Crippen molar-refractivity contribution in [3.8, 4) is 0 Å². The minimum Gasteiger partial charge on any atom is -0.444 e. The second-order valence-electron chi connectivity index (χ2n) is 6.28. The molecule has 0 unspecified atom stereocenters. The standard InChI is InChI=1S/C20H22ClN3O4/c21-17-5-1-16(2-6-17)14-28-20(26)23-18-7-3-15(4-8-18)13-22-19(25)24-9-11-27-12-10-24/h1-8H,9-14H2,(H,22,25)(H,23,26). The highest BCUT2D eigenvalue weighted by molar-refractivity contribution is 6.30. The lowest BCUT2D eigenvalue weighted by molar-refractivity contribution is 0.0531. The molecule has 0 saturated carbocycles. The number of nitrogens with zero attached hydrogens (tertiary/aromatic N) is 1. The zero-order chi connectivity index (χ0) is 19.8. The van der Waals surface area contributed by atoms with Gasteiger partial charge in [0, 0.05) is 30.3 Å². The Morgan fingerprint density at radius 2 is 1.64 bits per heavy atom. The van der Waals surface area contributed by atoms with Crippen LogP contribution < -0.4 is 10.6 Å². The molecule has 2 aromatic rings. The largest absolute Gasteiger partial charge is 0.444 e. The summed E-state index contributed by atoms with van der Waals surface area (Å²) in [6.07, 6.45) is -0.539. The van der Waals surface area contributed by atoms with Crippen LogP contribution in [-0.2, 0) is 22.6 Å². The maximum Gasteiger partial charge on any atom is 0.411 e. The van der Waals surface area contributed by atoms with Crippen LogP contribution in [0.25, 0.3) is 0 Å². The molecule has 28 heavy (non-hydrogen) atoms. The molecule has 1 fully saturated rings. The summed E-state index contributed by atoms with van der Waals surface area (Å²) in [4.78, 5) is 25.7. The Hall–Kier alpha value is -2.77. The van der Waals surface area contributed by atoms with Gasteiger partial charge in [0.25, 0.3) is 0 Å². The lowest BCUT2D eigenvalue weighted by Crippen LogP contribution is -2.45. The zero-order valence-electron chi connectivity index (χ0n) is 15.3. The normalized spacial score (nSPS) is 13.7. The molecular weight excluding hydrogens is 382 g/mol. The van der Waals surface area contributed by atoms with Crippen molar-refractivity contribution in [1.29, 1.82) is 0 Å². The number of rotatable bonds is 5. The van der Waals surface area contributed by atoms with Crippen LogP contribution in [0.1, 0.15) is 11.1 Å². The average Bonchev–Trinajstić information content (AvgIpc) is 2.73. The summed E-state index contributed by atoms with van der Waals surface area (Å²) >= 11 is 5.82. The average molecular weight is 404 g/mol. The number of benzene rings is 2. The molecule has 1 heterocycles. The van der Waals surface area contributed by atoms with E-state index in [0.717, 1.165) is 11.1 Å². The predicted octanol–water partition coefficient (Wildman–Crippen LogP) is 3.63. The van der Waals surface area contributed by atoms with Crippen LogP contribution in [0.15, 0.2) is 48.5 Å². The van der Waals surface area contributed by atoms with E-state index in [4.69, 9.17) is 21.1 Å². The van der Waals surface area contributed by atoms with Gasteiger partial charge in [0.15, 0.2) is 0 Å². The van der Waals surface area contributed by atoms with Crippen LogP contribution in [0.5, 0.6) is 0 Å². The fraction of sp³-hybridized carbons (Fsp3) is 0.300. The summed E-state index contributed by atoms with van der Waals surface area (Å²) in [5, 5.41) is 6.19. The van der Waals surface area contributed by atoms with Crippen molar-refractivity contribution in [2.75, 3.05) is 31.6 Å². The summed E-state index contributed by atoms with van der Waals surface area (Å²) in [5.74, 6) is 0. The number of morpholine rings is 1. The van der Waals surface area contributed by atoms with Crippen LogP contribution in [0.2, 0.25) is 5.02 Å². The molecule has 0 aromatic heterocycles. The predicted molar refractivity (Wildman–Crippen MR) is 106 cm³/mol. The van der Waals surface area contributed by atoms with Crippen LogP contribution in [0, 0.1) is 0 Å². The molecule has 0 aliphatic carbocycles. The Morgan fingerprint density at radius 3 is 2.32 bits per heavy atom. The van der Waals surface area contributed by atoms with Crippen molar-refractivity contribution < 1.29 is 19.1 Å². The van der Waals surface area contributed by atoms with Crippen LogP contribution in [-0.4, -0.2) is 43.3 Å². The molecule has 0 bridgehead atoms. The fourth-order valence-electron chi connectivity index (χ4n) is 2.65.